The van der Waals surface area contributed by atoms with E-state index in [4.69, 9.17) is 14.2 Å². The lowest BCUT2D eigenvalue weighted by Gasteiger charge is -2.20. The van der Waals surface area contributed by atoms with Crippen molar-refractivity contribution in [2.75, 3.05) is 30.9 Å². The van der Waals surface area contributed by atoms with E-state index in [0.717, 1.165) is 0 Å². The molecule has 0 fully saturated rings. The van der Waals surface area contributed by atoms with Crippen molar-refractivity contribution in [3.8, 4) is 11.5 Å². The van der Waals surface area contributed by atoms with Crippen molar-refractivity contribution >= 4 is 23.3 Å². The fourth-order valence-corrected chi connectivity index (χ4v) is 2.68. The topological polar surface area (TPSA) is 85.9 Å². The predicted octanol–water partition coefficient (Wildman–Crippen LogP) is 4.68. The van der Waals surface area contributed by atoms with Gasteiger partial charge in [-0.25, -0.2) is 4.79 Å². The number of esters is 1. The molecule has 164 valence electrons. The van der Waals surface area contributed by atoms with Gasteiger partial charge in [-0.05, 0) is 50.2 Å². The van der Waals surface area contributed by atoms with Gasteiger partial charge >= 0.3 is 5.97 Å². The van der Waals surface area contributed by atoms with Crippen LogP contribution in [-0.2, 0) is 4.74 Å². The highest BCUT2D eigenvalue weighted by molar-refractivity contribution is 6.07. The van der Waals surface area contributed by atoms with Gasteiger partial charge in [0.05, 0.1) is 22.9 Å². The molecule has 0 saturated carbocycles. The summed E-state index contributed by atoms with van der Waals surface area (Å²) in [5, 5.41) is 5.87. The van der Waals surface area contributed by atoms with E-state index in [9.17, 15) is 9.59 Å². The van der Waals surface area contributed by atoms with E-state index in [0.29, 0.717) is 34.0 Å². The van der Waals surface area contributed by atoms with Gasteiger partial charge in [0.15, 0.2) is 11.5 Å². The van der Waals surface area contributed by atoms with Crippen molar-refractivity contribution in [2.45, 2.75) is 20.0 Å². The van der Waals surface area contributed by atoms with Gasteiger partial charge in [-0.1, -0.05) is 25.3 Å². The van der Waals surface area contributed by atoms with Crippen LogP contribution in [0.5, 0.6) is 11.5 Å². The van der Waals surface area contributed by atoms with Crippen LogP contribution in [0.25, 0.3) is 0 Å². The number of carbonyl (C=O) groups is 2. The van der Waals surface area contributed by atoms with Crippen LogP contribution in [0, 0.1) is 0 Å². The number of hydrogen-bond donors (Lipinski definition) is 2. The molecule has 7 nitrogen and oxygen atoms in total. The minimum atomic E-state index is -0.462. The first-order valence-corrected chi connectivity index (χ1v) is 9.85. The van der Waals surface area contributed by atoms with Crippen molar-refractivity contribution in [1.29, 1.82) is 0 Å². The Morgan fingerprint density at radius 2 is 1.68 bits per heavy atom. The van der Waals surface area contributed by atoms with Crippen LogP contribution >= 0.6 is 0 Å². The molecule has 0 heterocycles. The highest BCUT2D eigenvalue weighted by Crippen LogP contribution is 2.39. The number of carbonyl (C=O) groups excluding carboxylic acids is 2. The number of anilines is 2. The van der Waals surface area contributed by atoms with E-state index in [2.05, 4.69) is 23.8 Å². The van der Waals surface area contributed by atoms with Crippen LogP contribution < -0.4 is 20.1 Å². The monoisotopic (exact) mass is 424 g/mol. The average Bonchev–Trinajstić information content (AvgIpc) is 2.76. The van der Waals surface area contributed by atoms with Gasteiger partial charge < -0.3 is 24.8 Å². The van der Waals surface area contributed by atoms with E-state index < -0.39 is 5.97 Å². The fraction of sp³-hybridized carbons (Fsp3) is 0.250. The summed E-state index contributed by atoms with van der Waals surface area (Å²) in [7, 11) is 1.77. The van der Waals surface area contributed by atoms with E-state index in [1.807, 2.05) is 13.8 Å². The second-order valence-electron chi connectivity index (χ2n) is 6.75. The van der Waals surface area contributed by atoms with Gasteiger partial charge in [0, 0.05) is 12.7 Å². The second kappa shape index (κ2) is 11.4. The molecule has 2 aromatic rings. The van der Waals surface area contributed by atoms with Crippen LogP contribution in [0.3, 0.4) is 0 Å². The lowest BCUT2D eigenvalue weighted by atomic mass is 10.1. The molecule has 0 bridgehead atoms. The Morgan fingerprint density at radius 1 is 1.00 bits per heavy atom. The van der Waals surface area contributed by atoms with E-state index >= 15 is 0 Å². The molecular weight excluding hydrogens is 396 g/mol. The molecule has 0 radical (unpaired) electrons. The van der Waals surface area contributed by atoms with Crippen LogP contribution in [0.1, 0.15) is 34.6 Å². The largest absolute Gasteiger partial charge is 0.485 e. The minimum absolute atomic E-state index is 0.120. The number of nitrogens with one attached hydrogen (secondary N) is 2. The summed E-state index contributed by atoms with van der Waals surface area (Å²) in [6.45, 7) is 11.3. The summed E-state index contributed by atoms with van der Waals surface area (Å²) in [4.78, 5) is 24.9. The van der Waals surface area contributed by atoms with Gasteiger partial charge in [-0.3, -0.25) is 4.79 Å². The van der Waals surface area contributed by atoms with Gasteiger partial charge in [0.2, 0.25) is 0 Å². The van der Waals surface area contributed by atoms with Crippen LogP contribution in [0.2, 0.25) is 0 Å². The molecule has 2 aromatic carbocycles. The number of hydrogen-bond acceptors (Lipinski definition) is 6. The average molecular weight is 424 g/mol. The van der Waals surface area contributed by atoms with Gasteiger partial charge in [-0.15, -0.1) is 0 Å². The minimum Gasteiger partial charge on any atom is -0.485 e. The molecule has 2 N–H and O–H groups in total. The maximum atomic E-state index is 13.0. The van der Waals surface area contributed by atoms with Crippen molar-refractivity contribution in [2.24, 2.45) is 0 Å². The summed E-state index contributed by atoms with van der Waals surface area (Å²) in [6.07, 6.45) is 2.97. The zero-order valence-corrected chi connectivity index (χ0v) is 18.1. The van der Waals surface area contributed by atoms with Gasteiger partial charge in [-0.2, -0.15) is 0 Å². The van der Waals surface area contributed by atoms with Gasteiger partial charge in [0.25, 0.3) is 5.91 Å². The standard InChI is InChI=1S/C24H28N2O5/c1-6-14-29-21-19(12-13-20(25-5)22(21)31-16(3)4)23(27)26-18-10-8-17(9-11-18)24(28)30-15-7-2/h6-13,16,25H,1-2,14-15H2,3-5H3,(H,26,27). The van der Waals surface area contributed by atoms with Crippen molar-refractivity contribution in [1.82, 2.24) is 0 Å². The van der Waals surface area contributed by atoms with Crippen molar-refractivity contribution in [3.63, 3.8) is 0 Å². The molecule has 0 unspecified atom stereocenters. The third-order valence-electron chi connectivity index (χ3n) is 4.04. The zero-order chi connectivity index (χ0) is 22.8. The zero-order valence-electron chi connectivity index (χ0n) is 18.1. The fourth-order valence-electron chi connectivity index (χ4n) is 2.68. The Labute approximate surface area is 182 Å². The Hall–Kier alpha value is -3.74. The quantitative estimate of drug-likeness (QED) is 0.403. The van der Waals surface area contributed by atoms with E-state index in [-0.39, 0.29) is 25.2 Å². The molecule has 0 saturated heterocycles. The normalized spacial score (nSPS) is 10.2. The molecule has 31 heavy (non-hydrogen) atoms. The molecule has 0 aliphatic carbocycles. The third-order valence-corrected chi connectivity index (χ3v) is 4.04. The molecule has 0 aliphatic rings. The maximum absolute atomic E-state index is 13.0. The highest BCUT2D eigenvalue weighted by Gasteiger charge is 2.22. The van der Waals surface area contributed by atoms with Crippen molar-refractivity contribution < 1.29 is 23.8 Å². The molecule has 7 heteroatoms. The summed E-state index contributed by atoms with van der Waals surface area (Å²) >= 11 is 0. The Kier molecular flexibility index (Phi) is 8.69. The predicted molar refractivity (Wildman–Crippen MR) is 122 cm³/mol. The summed E-state index contributed by atoms with van der Waals surface area (Å²) < 4.78 is 16.7. The summed E-state index contributed by atoms with van der Waals surface area (Å²) in [5.41, 5.74) is 1.91. The Bertz CT molecular complexity index is 936. The molecule has 0 aliphatic heterocycles. The smallest absolute Gasteiger partial charge is 0.338 e. The second-order valence-corrected chi connectivity index (χ2v) is 6.75. The van der Waals surface area contributed by atoms with Crippen LogP contribution in [-0.4, -0.2) is 38.2 Å². The Morgan fingerprint density at radius 3 is 2.26 bits per heavy atom. The molecule has 0 atom stereocenters. The van der Waals surface area contributed by atoms with Crippen molar-refractivity contribution in [3.05, 3.63) is 72.8 Å². The number of ether oxygens (including phenoxy) is 3. The van der Waals surface area contributed by atoms with E-state index in [1.54, 1.807) is 49.5 Å². The van der Waals surface area contributed by atoms with Crippen LogP contribution in [0.15, 0.2) is 61.7 Å². The third kappa shape index (κ3) is 6.37. The Balaban J connectivity index is 2.30. The molecule has 2 rings (SSSR count). The molecular formula is C24H28N2O5. The first-order chi connectivity index (χ1) is 14.9. The highest BCUT2D eigenvalue weighted by atomic mass is 16.5. The van der Waals surface area contributed by atoms with Crippen LogP contribution in [0.4, 0.5) is 11.4 Å². The number of rotatable bonds is 11. The SMILES string of the molecule is C=CCOC(=O)c1ccc(NC(=O)c2ccc(NC)c(OC(C)C)c2OCC=C)cc1. The number of benzene rings is 2. The first kappa shape index (κ1) is 23.5. The van der Waals surface area contributed by atoms with Gasteiger partial charge in [0.1, 0.15) is 13.2 Å². The molecule has 0 spiro atoms. The van der Waals surface area contributed by atoms with E-state index in [1.165, 1.54) is 6.08 Å². The molecule has 0 aromatic heterocycles. The number of amides is 1. The first-order valence-electron chi connectivity index (χ1n) is 9.85. The lowest BCUT2D eigenvalue weighted by molar-refractivity contribution is 0.0549. The molecule has 1 amide bonds. The maximum Gasteiger partial charge on any atom is 0.338 e. The lowest BCUT2D eigenvalue weighted by Crippen LogP contribution is -2.16. The summed E-state index contributed by atoms with van der Waals surface area (Å²) in [5.74, 6) is -0.0665. The summed E-state index contributed by atoms with van der Waals surface area (Å²) in [6, 6.07) is 9.82.